The Morgan fingerprint density at radius 3 is 2.73 bits per heavy atom. The normalized spacial score (nSPS) is 10.6. The van der Waals surface area contributed by atoms with Crippen molar-refractivity contribution in [1.82, 2.24) is 4.98 Å². The van der Waals surface area contributed by atoms with E-state index in [1.165, 1.54) is 11.3 Å². The first-order chi connectivity index (χ1) is 10.8. The maximum Gasteiger partial charge on any atom is 0.267 e. The van der Waals surface area contributed by atoms with Gasteiger partial charge in [0.1, 0.15) is 9.88 Å². The third-order valence-corrected chi connectivity index (χ3v) is 5.11. The molecule has 0 unspecified atom stereocenters. The van der Waals surface area contributed by atoms with E-state index in [0.717, 1.165) is 21.1 Å². The number of aromatic nitrogens is 1. The standard InChI is InChI=1S/C16H14N2O2S2/c19-8-7-11-3-5-12(6-4-11)18-15(20)14-10-17-16(22-14)13-2-1-9-21-13/h1-6,9-10,19H,7-8H2,(H,18,20). The number of nitrogens with one attached hydrogen (secondary N) is 1. The Morgan fingerprint density at radius 1 is 1.23 bits per heavy atom. The molecule has 0 aliphatic carbocycles. The van der Waals surface area contributed by atoms with Crippen molar-refractivity contribution in [3.8, 4) is 9.88 Å². The van der Waals surface area contributed by atoms with Crippen LogP contribution in [0.5, 0.6) is 0 Å². The van der Waals surface area contributed by atoms with Crippen molar-refractivity contribution < 1.29 is 9.90 Å². The van der Waals surface area contributed by atoms with Gasteiger partial charge in [-0.15, -0.1) is 22.7 Å². The molecule has 112 valence electrons. The van der Waals surface area contributed by atoms with Crippen LogP contribution < -0.4 is 5.32 Å². The summed E-state index contributed by atoms with van der Waals surface area (Å²) in [5.74, 6) is -0.157. The van der Waals surface area contributed by atoms with Gasteiger partial charge in [0.25, 0.3) is 5.91 Å². The molecule has 4 nitrogen and oxygen atoms in total. The second kappa shape index (κ2) is 6.83. The van der Waals surface area contributed by atoms with Crippen molar-refractivity contribution in [1.29, 1.82) is 0 Å². The summed E-state index contributed by atoms with van der Waals surface area (Å²) in [5, 5.41) is 14.6. The highest BCUT2D eigenvalue weighted by Crippen LogP contribution is 2.29. The van der Waals surface area contributed by atoms with Gasteiger partial charge < -0.3 is 10.4 Å². The van der Waals surface area contributed by atoms with Gasteiger partial charge in [0.15, 0.2) is 0 Å². The number of aliphatic hydroxyl groups is 1. The molecule has 2 aromatic heterocycles. The first kappa shape index (κ1) is 14.9. The first-order valence-corrected chi connectivity index (χ1v) is 8.47. The first-order valence-electron chi connectivity index (χ1n) is 6.77. The molecule has 2 N–H and O–H groups in total. The van der Waals surface area contributed by atoms with Crippen LogP contribution in [0.2, 0.25) is 0 Å². The number of amides is 1. The number of carbonyl (C=O) groups is 1. The van der Waals surface area contributed by atoms with Gasteiger partial charge in [0.05, 0.1) is 11.1 Å². The fourth-order valence-corrected chi connectivity index (χ4v) is 3.59. The van der Waals surface area contributed by atoms with Crippen LogP contribution in [0.15, 0.2) is 48.0 Å². The lowest BCUT2D eigenvalue weighted by Gasteiger charge is -2.04. The van der Waals surface area contributed by atoms with Crippen LogP contribution >= 0.6 is 22.7 Å². The van der Waals surface area contributed by atoms with Gasteiger partial charge in [0.2, 0.25) is 0 Å². The van der Waals surface area contributed by atoms with Crippen molar-refractivity contribution in [2.24, 2.45) is 0 Å². The summed E-state index contributed by atoms with van der Waals surface area (Å²) in [6.45, 7) is 0.123. The number of rotatable bonds is 5. The molecule has 0 saturated carbocycles. The fraction of sp³-hybridized carbons (Fsp3) is 0.125. The lowest BCUT2D eigenvalue weighted by Crippen LogP contribution is -2.10. The Balaban J connectivity index is 1.69. The quantitative estimate of drug-likeness (QED) is 0.750. The summed E-state index contributed by atoms with van der Waals surface area (Å²) in [6, 6.07) is 11.4. The molecular weight excluding hydrogens is 316 g/mol. The minimum absolute atomic E-state index is 0.123. The zero-order chi connectivity index (χ0) is 15.4. The predicted molar refractivity (Wildman–Crippen MR) is 90.6 cm³/mol. The predicted octanol–water partition coefficient (Wildman–Crippen LogP) is 3.66. The third kappa shape index (κ3) is 3.41. The highest BCUT2D eigenvalue weighted by Gasteiger charge is 2.12. The average molecular weight is 330 g/mol. The van der Waals surface area contributed by atoms with Crippen LogP contribution in [0.3, 0.4) is 0 Å². The molecule has 0 atom stereocenters. The second-order valence-corrected chi connectivity index (χ2v) is 6.61. The molecule has 0 fully saturated rings. The summed E-state index contributed by atoms with van der Waals surface area (Å²) < 4.78 is 0. The highest BCUT2D eigenvalue weighted by molar-refractivity contribution is 7.22. The number of nitrogens with zero attached hydrogens (tertiary/aromatic N) is 1. The number of hydrogen-bond donors (Lipinski definition) is 2. The van der Waals surface area contributed by atoms with E-state index in [-0.39, 0.29) is 12.5 Å². The fourth-order valence-electron chi connectivity index (χ4n) is 1.97. The Labute approximate surface area is 136 Å². The van der Waals surface area contributed by atoms with E-state index in [9.17, 15) is 4.79 Å². The SMILES string of the molecule is O=C(Nc1ccc(CCO)cc1)c1cnc(-c2cccs2)s1. The molecule has 0 bridgehead atoms. The van der Waals surface area contributed by atoms with Crippen molar-refractivity contribution >= 4 is 34.3 Å². The summed E-state index contributed by atoms with van der Waals surface area (Å²) in [5.41, 5.74) is 1.77. The number of anilines is 1. The number of thiophene rings is 1. The molecule has 3 aromatic rings. The van der Waals surface area contributed by atoms with Gasteiger partial charge >= 0.3 is 0 Å². The monoisotopic (exact) mass is 330 g/mol. The minimum atomic E-state index is -0.157. The lowest BCUT2D eigenvalue weighted by atomic mass is 10.1. The number of hydrogen-bond acceptors (Lipinski definition) is 5. The van der Waals surface area contributed by atoms with Crippen molar-refractivity contribution in [2.45, 2.75) is 6.42 Å². The summed E-state index contributed by atoms with van der Waals surface area (Å²) in [6.07, 6.45) is 2.22. The summed E-state index contributed by atoms with van der Waals surface area (Å²) in [4.78, 5) is 18.2. The topological polar surface area (TPSA) is 62.2 Å². The minimum Gasteiger partial charge on any atom is -0.396 e. The number of carbonyl (C=O) groups excluding carboxylic acids is 1. The molecule has 6 heteroatoms. The Morgan fingerprint density at radius 2 is 2.05 bits per heavy atom. The molecule has 0 radical (unpaired) electrons. The highest BCUT2D eigenvalue weighted by atomic mass is 32.1. The maximum atomic E-state index is 12.2. The molecule has 0 aliphatic heterocycles. The van der Waals surface area contributed by atoms with Gasteiger partial charge in [-0.1, -0.05) is 18.2 Å². The van der Waals surface area contributed by atoms with E-state index >= 15 is 0 Å². The average Bonchev–Trinajstić information content (AvgIpc) is 3.20. The van der Waals surface area contributed by atoms with Crippen LogP contribution in [-0.4, -0.2) is 22.6 Å². The van der Waals surface area contributed by atoms with Crippen molar-refractivity contribution in [2.75, 3.05) is 11.9 Å². The molecular formula is C16H14N2O2S2. The number of benzene rings is 1. The molecule has 1 amide bonds. The molecule has 0 aliphatic rings. The molecule has 2 heterocycles. The largest absolute Gasteiger partial charge is 0.396 e. The van der Waals surface area contributed by atoms with Crippen molar-refractivity contribution in [3.63, 3.8) is 0 Å². The number of aliphatic hydroxyl groups excluding tert-OH is 1. The van der Waals surface area contributed by atoms with E-state index in [4.69, 9.17) is 5.11 Å². The maximum absolute atomic E-state index is 12.2. The van der Waals surface area contributed by atoms with Gasteiger partial charge in [-0.3, -0.25) is 4.79 Å². The molecule has 22 heavy (non-hydrogen) atoms. The Bertz CT molecular complexity index is 749. The Kier molecular flexibility index (Phi) is 4.62. The summed E-state index contributed by atoms with van der Waals surface area (Å²) >= 11 is 2.99. The van der Waals surface area contributed by atoms with E-state index in [1.54, 1.807) is 17.5 Å². The van der Waals surface area contributed by atoms with Gasteiger partial charge in [0, 0.05) is 12.3 Å². The van der Waals surface area contributed by atoms with Crippen LogP contribution in [-0.2, 0) is 6.42 Å². The third-order valence-electron chi connectivity index (χ3n) is 3.07. The van der Waals surface area contributed by atoms with E-state index in [0.29, 0.717) is 11.3 Å². The van der Waals surface area contributed by atoms with Gasteiger partial charge in [-0.2, -0.15) is 0 Å². The second-order valence-electron chi connectivity index (χ2n) is 4.63. The van der Waals surface area contributed by atoms with Crippen molar-refractivity contribution in [3.05, 3.63) is 58.4 Å². The van der Waals surface area contributed by atoms with Gasteiger partial charge in [-0.25, -0.2) is 4.98 Å². The zero-order valence-corrected chi connectivity index (χ0v) is 13.3. The smallest absolute Gasteiger partial charge is 0.267 e. The summed E-state index contributed by atoms with van der Waals surface area (Å²) in [7, 11) is 0. The van der Waals surface area contributed by atoms with E-state index in [2.05, 4.69) is 10.3 Å². The number of thiazole rings is 1. The molecule has 0 spiro atoms. The van der Waals surface area contributed by atoms with E-state index < -0.39 is 0 Å². The molecule has 0 saturated heterocycles. The van der Waals surface area contributed by atoms with Crippen LogP contribution in [0.1, 0.15) is 15.2 Å². The molecule has 1 aromatic carbocycles. The van der Waals surface area contributed by atoms with Gasteiger partial charge in [-0.05, 0) is 35.6 Å². The van der Waals surface area contributed by atoms with Crippen LogP contribution in [0.4, 0.5) is 5.69 Å². The van der Waals surface area contributed by atoms with Crippen LogP contribution in [0.25, 0.3) is 9.88 Å². The lowest BCUT2D eigenvalue weighted by molar-refractivity contribution is 0.103. The Hall–Kier alpha value is -2.02. The zero-order valence-electron chi connectivity index (χ0n) is 11.7. The molecule has 3 rings (SSSR count). The van der Waals surface area contributed by atoms with E-state index in [1.807, 2.05) is 41.8 Å². The van der Waals surface area contributed by atoms with Crippen LogP contribution in [0, 0.1) is 0 Å².